The molecular weight excluding hydrogens is 269 g/mol. The highest BCUT2D eigenvalue weighted by Gasteiger charge is 2.13. The molecule has 0 aliphatic heterocycles. The van der Waals surface area contributed by atoms with E-state index in [1.165, 1.54) is 6.07 Å². The van der Waals surface area contributed by atoms with Crippen molar-refractivity contribution in [3.8, 4) is 5.75 Å². The Morgan fingerprint density at radius 2 is 1.95 bits per heavy atom. The summed E-state index contributed by atoms with van der Waals surface area (Å²) >= 11 is 0. The van der Waals surface area contributed by atoms with Gasteiger partial charge in [-0.15, -0.1) is 0 Å². The van der Waals surface area contributed by atoms with Crippen LogP contribution in [0, 0.1) is 11.2 Å². The number of nitrogens with two attached hydrogens (primary N) is 1. The molecule has 0 heterocycles. The number of anilines is 1. The third kappa shape index (κ3) is 3.13. The monoisotopic (exact) mass is 287 g/mol. The molecular formula is C16H18FN3O. The minimum atomic E-state index is -0.452. The molecule has 110 valence electrons. The molecule has 0 saturated carbocycles. The Bertz CT molecular complexity index is 658. The number of hydrogen-bond donors (Lipinski definition) is 2. The van der Waals surface area contributed by atoms with Crippen molar-refractivity contribution in [1.29, 1.82) is 5.41 Å². The van der Waals surface area contributed by atoms with E-state index in [1.807, 2.05) is 36.2 Å². The van der Waals surface area contributed by atoms with E-state index >= 15 is 0 Å². The summed E-state index contributed by atoms with van der Waals surface area (Å²) in [5, 5.41) is 7.39. The number of benzene rings is 2. The van der Waals surface area contributed by atoms with E-state index in [9.17, 15) is 4.39 Å². The van der Waals surface area contributed by atoms with Gasteiger partial charge in [0.25, 0.3) is 0 Å². The molecule has 0 saturated heterocycles. The van der Waals surface area contributed by atoms with Gasteiger partial charge in [-0.2, -0.15) is 0 Å². The molecule has 0 radical (unpaired) electrons. The first-order chi connectivity index (χ1) is 10.0. The number of rotatable bonds is 5. The zero-order chi connectivity index (χ0) is 15.4. The molecule has 0 amide bonds. The quantitative estimate of drug-likeness (QED) is 0.656. The van der Waals surface area contributed by atoms with Crippen LogP contribution >= 0.6 is 0 Å². The normalized spacial score (nSPS) is 10.2. The van der Waals surface area contributed by atoms with Gasteiger partial charge in [0.1, 0.15) is 17.4 Å². The summed E-state index contributed by atoms with van der Waals surface area (Å²) in [4.78, 5) is 1.89. The van der Waals surface area contributed by atoms with Crippen molar-refractivity contribution in [1.82, 2.24) is 0 Å². The molecule has 5 heteroatoms. The molecule has 0 atom stereocenters. The molecule has 0 aliphatic rings. The second kappa shape index (κ2) is 6.26. The van der Waals surface area contributed by atoms with Crippen LogP contribution in [0.25, 0.3) is 0 Å². The summed E-state index contributed by atoms with van der Waals surface area (Å²) in [6.45, 7) is 0.354. The van der Waals surface area contributed by atoms with Crippen molar-refractivity contribution < 1.29 is 9.13 Å². The summed E-state index contributed by atoms with van der Waals surface area (Å²) < 4.78 is 19.6. The molecule has 0 fully saturated rings. The first-order valence-corrected chi connectivity index (χ1v) is 6.50. The molecule has 4 nitrogen and oxygen atoms in total. The van der Waals surface area contributed by atoms with Crippen LogP contribution in [0.4, 0.5) is 10.1 Å². The van der Waals surface area contributed by atoms with E-state index < -0.39 is 5.82 Å². The van der Waals surface area contributed by atoms with Gasteiger partial charge in [0.05, 0.1) is 18.4 Å². The predicted octanol–water partition coefficient (Wildman–Crippen LogP) is 2.75. The Balaban J connectivity index is 2.30. The van der Waals surface area contributed by atoms with E-state index in [4.69, 9.17) is 15.9 Å². The molecule has 2 rings (SSSR count). The van der Waals surface area contributed by atoms with E-state index in [0.29, 0.717) is 12.1 Å². The zero-order valence-electron chi connectivity index (χ0n) is 12.1. The van der Waals surface area contributed by atoms with Crippen molar-refractivity contribution in [2.75, 3.05) is 19.1 Å². The second-order valence-corrected chi connectivity index (χ2v) is 4.72. The second-order valence-electron chi connectivity index (χ2n) is 4.72. The van der Waals surface area contributed by atoms with E-state index in [0.717, 1.165) is 11.4 Å². The molecule has 0 unspecified atom stereocenters. The Hall–Kier alpha value is -2.56. The highest BCUT2D eigenvalue weighted by atomic mass is 19.1. The van der Waals surface area contributed by atoms with Crippen molar-refractivity contribution in [2.24, 2.45) is 5.73 Å². The number of nitrogens with one attached hydrogen (secondary N) is 1. The van der Waals surface area contributed by atoms with Crippen LogP contribution in [-0.2, 0) is 6.54 Å². The van der Waals surface area contributed by atoms with Crippen molar-refractivity contribution in [3.63, 3.8) is 0 Å². The number of nitrogens with zero attached hydrogens (tertiary/aromatic N) is 1. The van der Waals surface area contributed by atoms with Gasteiger partial charge in [0.2, 0.25) is 0 Å². The lowest BCUT2D eigenvalue weighted by atomic mass is 10.1. The molecule has 0 aliphatic carbocycles. The average Bonchev–Trinajstić information content (AvgIpc) is 2.48. The highest BCUT2D eigenvalue weighted by molar-refractivity contribution is 5.95. The van der Waals surface area contributed by atoms with Gasteiger partial charge in [-0.25, -0.2) is 4.39 Å². The van der Waals surface area contributed by atoms with Gasteiger partial charge >= 0.3 is 0 Å². The fourth-order valence-corrected chi connectivity index (χ4v) is 2.20. The highest BCUT2D eigenvalue weighted by Crippen LogP contribution is 2.28. The topological polar surface area (TPSA) is 62.3 Å². The lowest BCUT2D eigenvalue weighted by molar-refractivity contribution is 0.414. The molecule has 3 N–H and O–H groups in total. The first kappa shape index (κ1) is 14.8. The number of amidine groups is 1. The van der Waals surface area contributed by atoms with Gasteiger partial charge in [0.15, 0.2) is 0 Å². The fourth-order valence-electron chi connectivity index (χ4n) is 2.20. The van der Waals surface area contributed by atoms with Crippen molar-refractivity contribution in [2.45, 2.75) is 6.54 Å². The van der Waals surface area contributed by atoms with Gasteiger partial charge in [-0.1, -0.05) is 24.3 Å². The predicted molar refractivity (Wildman–Crippen MR) is 82.5 cm³/mol. The van der Waals surface area contributed by atoms with Gasteiger partial charge in [0, 0.05) is 19.2 Å². The third-order valence-electron chi connectivity index (χ3n) is 3.27. The number of hydrogen-bond acceptors (Lipinski definition) is 3. The average molecular weight is 287 g/mol. The Labute approximate surface area is 123 Å². The lowest BCUT2D eigenvalue weighted by Gasteiger charge is -2.22. The van der Waals surface area contributed by atoms with Crippen molar-refractivity contribution in [3.05, 3.63) is 59.4 Å². The van der Waals surface area contributed by atoms with Crippen LogP contribution in [0.2, 0.25) is 0 Å². The molecule has 2 aromatic rings. The summed E-state index contributed by atoms with van der Waals surface area (Å²) in [5.74, 6) is 0.00386. The van der Waals surface area contributed by atoms with Crippen LogP contribution in [0.15, 0.2) is 42.5 Å². The van der Waals surface area contributed by atoms with E-state index in [2.05, 4.69) is 0 Å². The number of para-hydroxylation sites is 2. The van der Waals surface area contributed by atoms with Crippen LogP contribution in [-0.4, -0.2) is 20.0 Å². The van der Waals surface area contributed by atoms with Crippen LogP contribution in [0.5, 0.6) is 5.75 Å². The summed E-state index contributed by atoms with van der Waals surface area (Å²) in [6.07, 6.45) is 0. The number of halogens is 1. The minimum Gasteiger partial charge on any atom is -0.495 e. The zero-order valence-corrected chi connectivity index (χ0v) is 12.1. The number of ether oxygens (including phenoxy) is 1. The molecule has 0 spiro atoms. The van der Waals surface area contributed by atoms with Gasteiger partial charge in [-0.3, -0.25) is 5.41 Å². The lowest BCUT2D eigenvalue weighted by Crippen LogP contribution is -2.20. The number of nitrogen functional groups attached to an aromatic ring is 1. The smallest absolute Gasteiger partial charge is 0.142 e. The maximum atomic E-state index is 14.3. The Kier molecular flexibility index (Phi) is 4.42. The molecule has 2 aromatic carbocycles. The summed E-state index contributed by atoms with van der Waals surface area (Å²) in [7, 11) is 3.46. The standard InChI is InChI=1S/C16H18FN3O/c1-20(13-8-3-4-9-14(13)21-2)10-11-6-5-7-12(15(11)17)16(18)19/h3-9H,10H2,1-2H3,(H3,18,19). The van der Waals surface area contributed by atoms with Crippen LogP contribution in [0.1, 0.15) is 11.1 Å². The van der Waals surface area contributed by atoms with Gasteiger partial charge < -0.3 is 15.4 Å². The maximum Gasteiger partial charge on any atom is 0.142 e. The molecule has 0 bridgehead atoms. The maximum absolute atomic E-state index is 14.3. The minimum absolute atomic E-state index is 0.126. The SMILES string of the molecule is COc1ccccc1N(C)Cc1cccc(C(=N)N)c1F. The molecule has 0 aromatic heterocycles. The Morgan fingerprint density at radius 3 is 2.62 bits per heavy atom. The Morgan fingerprint density at radius 1 is 1.24 bits per heavy atom. The van der Waals surface area contributed by atoms with Crippen LogP contribution in [0.3, 0.4) is 0 Å². The van der Waals surface area contributed by atoms with E-state index in [1.54, 1.807) is 19.2 Å². The summed E-state index contributed by atoms with van der Waals surface area (Å²) in [6, 6.07) is 12.4. The largest absolute Gasteiger partial charge is 0.495 e. The van der Waals surface area contributed by atoms with Crippen molar-refractivity contribution >= 4 is 11.5 Å². The van der Waals surface area contributed by atoms with Gasteiger partial charge in [-0.05, 0) is 18.2 Å². The summed E-state index contributed by atoms with van der Waals surface area (Å²) in [5.41, 5.74) is 6.86. The first-order valence-electron chi connectivity index (χ1n) is 6.50. The number of methoxy groups -OCH3 is 1. The van der Waals surface area contributed by atoms with Crippen LogP contribution < -0.4 is 15.4 Å². The molecule has 21 heavy (non-hydrogen) atoms. The van der Waals surface area contributed by atoms with E-state index in [-0.39, 0.29) is 11.4 Å². The fraction of sp³-hybridized carbons (Fsp3) is 0.188. The third-order valence-corrected chi connectivity index (χ3v) is 3.27.